The molecule has 0 amide bonds. The molecule has 0 aromatic heterocycles. The minimum atomic E-state index is 0.835. The highest BCUT2D eigenvalue weighted by molar-refractivity contribution is 9.13. The van der Waals surface area contributed by atoms with Crippen LogP contribution in [0.3, 0.4) is 0 Å². The van der Waals surface area contributed by atoms with E-state index in [0.717, 1.165) is 39.7 Å². The highest BCUT2D eigenvalue weighted by Gasteiger charge is 2.12. The molecule has 21 heavy (non-hydrogen) atoms. The number of hydrogen-bond donors (Lipinski definition) is 0. The van der Waals surface area contributed by atoms with E-state index in [4.69, 9.17) is 4.74 Å². The quantitative estimate of drug-likeness (QED) is 0.538. The van der Waals surface area contributed by atoms with Crippen LogP contribution in [0.1, 0.15) is 0 Å². The van der Waals surface area contributed by atoms with Gasteiger partial charge in [0.05, 0.1) is 18.9 Å². The van der Waals surface area contributed by atoms with Gasteiger partial charge in [0, 0.05) is 26.5 Å². The van der Waals surface area contributed by atoms with Crippen molar-refractivity contribution in [2.75, 3.05) is 31.2 Å². The third kappa shape index (κ3) is 5.40. The lowest BCUT2D eigenvalue weighted by atomic mass is 10.3. The van der Waals surface area contributed by atoms with Gasteiger partial charge in [-0.1, -0.05) is 24.3 Å². The molecule has 1 aliphatic heterocycles. The monoisotopic (exact) mass is 475 g/mol. The normalized spacial score (nSPS) is 14.3. The van der Waals surface area contributed by atoms with E-state index in [1.165, 1.54) is 5.69 Å². The summed E-state index contributed by atoms with van der Waals surface area (Å²) in [5, 5.41) is 0. The molecule has 3 rings (SSSR count). The number of halogens is 3. The first kappa shape index (κ1) is 17.0. The van der Waals surface area contributed by atoms with Crippen molar-refractivity contribution in [3.8, 4) is 0 Å². The summed E-state index contributed by atoms with van der Waals surface area (Å²) in [6.45, 7) is 3.65. The number of anilines is 1. The molecule has 0 bridgehead atoms. The van der Waals surface area contributed by atoms with Crippen LogP contribution in [0.4, 0.5) is 5.69 Å². The van der Waals surface area contributed by atoms with Gasteiger partial charge in [-0.3, -0.25) is 0 Å². The molecule has 1 heterocycles. The Labute approximate surface area is 150 Å². The van der Waals surface area contributed by atoms with Gasteiger partial charge in [-0.15, -0.1) is 0 Å². The Morgan fingerprint density at radius 1 is 0.714 bits per heavy atom. The van der Waals surface area contributed by atoms with Crippen LogP contribution in [0.2, 0.25) is 0 Å². The number of benzene rings is 2. The average molecular weight is 478 g/mol. The summed E-state index contributed by atoms with van der Waals surface area (Å²) < 4.78 is 8.66. The molecule has 5 heteroatoms. The zero-order valence-corrected chi connectivity index (χ0v) is 16.2. The number of ether oxygens (including phenoxy) is 1. The zero-order valence-electron chi connectivity index (χ0n) is 11.4. The minimum Gasteiger partial charge on any atom is -0.378 e. The molecule has 2 aromatic carbocycles. The Morgan fingerprint density at radius 3 is 1.67 bits per heavy atom. The Morgan fingerprint density at radius 2 is 1.19 bits per heavy atom. The van der Waals surface area contributed by atoms with Crippen LogP contribution in [0.5, 0.6) is 0 Å². The van der Waals surface area contributed by atoms with E-state index in [2.05, 4.69) is 70.9 Å². The molecule has 112 valence electrons. The van der Waals surface area contributed by atoms with Gasteiger partial charge in [0.1, 0.15) is 0 Å². The highest BCUT2D eigenvalue weighted by Crippen LogP contribution is 2.26. The molecule has 0 atom stereocenters. The summed E-state index contributed by atoms with van der Waals surface area (Å²) in [6.07, 6.45) is 0. The van der Waals surface area contributed by atoms with Crippen LogP contribution in [-0.4, -0.2) is 26.3 Å². The number of rotatable bonds is 1. The molecule has 0 N–H and O–H groups in total. The number of para-hydroxylation sites is 1. The van der Waals surface area contributed by atoms with Crippen LogP contribution in [0.25, 0.3) is 0 Å². The Hall–Kier alpha value is -0.360. The molecule has 0 radical (unpaired) electrons. The van der Waals surface area contributed by atoms with Crippen LogP contribution in [0, 0.1) is 0 Å². The van der Waals surface area contributed by atoms with Gasteiger partial charge in [0.25, 0.3) is 0 Å². The lowest BCUT2D eigenvalue weighted by Gasteiger charge is -2.29. The Balaban J connectivity index is 0.000000173. The van der Waals surface area contributed by atoms with E-state index in [1.54, 1.807) is 0 Å². The Kier molecular flexibility index (Phi) is 7.23. The molecular formula is C16H16Br3NO. The zero-order chi connectivity index (χ0) is 15.1. The summed E-state index contributed by atoms with van der Waals surface area (Å²) in [4.78, 5) is 2.34. The van der Waals surface area contributed by atoms with Gasteiger partial charge in [-0.2, -0.15) is 0 Å². The van der Waals surface area contributed by atoms with Crippen LogP contribution in [0.15, 0.2) is 61.9 Å². The average Bonchev–Trinajstić information content (AvgIpc) is 2.52. The second-order valence-corrected chi connectivity index (χ2v) is 7.03. The topological polar surface area (TPSA) is 12.5 Å². The standard InChI is InChI=1S/C10H12BrNO.C6H4Br2/c11-9-3-1-2-4-10(9)12-5-7-13-8-6-12;7-5-3-1-2-4-6(5)8/h1-4H,5-8H2;1-4H. The predicted octanol–water partition coefficient (Wildman–Crippen LogP) is 5.50. The molecule has 0 unspecified atom stereocenters. The maximum absolute atomic E-state index is 5.30. The third-order valence-corrected chi connectivity index (χ3v) is 5.61. The van der Waals surface area contributed by atoms with Gasteiger partial charge < -0.3 is 9.64 Å². The van der Waals surface area contributed by atoms with Crippen molar-refractivity contribution in [1.29, 1.82) is 0 Å². The summed E-state index contributed by atoms with van der Waals surface area (Å²) in [5.74, 6) is 0. The van der Waals surface area contributed by atoms with E-state index in [9.17, 15) is 0 Å². The minimum absolute atomic E-state index is 0.835. The number of hydrogen-bond acceptors (Lipinski definition) is 2. The largest absolute Gasteiger partial charge is 0.378 e. The fourth-order valence-electron chi connectivity index (χ4n) is 1.95. The van der Waals surface area contributed by atoms with E-state index in [1.807, 2.05) is 30.3 Å². The van der Waals surface area contributed by atoms with Crippen LogP contribution >= 0.6 is 47.8 Å². The van der Waals surface area contributed by atoms with Crippen molar-refractivity contribution in [3.05, 3.63) is 61.9 Å². The summed E-state index contributed by atoms with van der Waals surface area (Å²) in [7, 11) is 0. The fraction of sp³-hybridized carbons (Fsp3) is 0.250. The maximum Gasteiger partial charge on any atom is 0.0642 e. The first-order valence-electron chi connectivity index (χ1n) is 6.66. The second kappa shape index (κ2) is 8.93. The van der Waals surface area contributed by atoms with E-state index >= 15 is 0 Å². The van der Waals surface area contributed by atoms with E-state index in [0.29, 0.717) is 0 Å². The van der Waals surface area contributed by atoms with Crippen molar-refractivity contribution in [2.45, 2.75) is 0 Å². The predicted molar refractivity (Wildman–Crippen MR) is 99.0 cm³/mol. The molecule has 1 aliphatic rings. The van der Waals surface area contributed by atoms with Gasteiger partial charge in [-0.25, -0.2) is 0 Å². The highest BCUT2D eigenvalue weighted by atomic mass is 79.9. The van der Waals surface area contributed by atoms with Crippen LogP contribution in [-0.2, 0) is 4.74 Å². The van der Waals surface area contributed by atoms with E-state index in [-0.39, 0.29) is 0 Å². The molecule has 0 spiro atoms. The summed E-state index contributed by atoms with van der Waals surface area (Å²) in [5.41, 5.74) is 1.27. The molecule has 1 saturated heterocycles. The fourth-order valence-corrected chi connectivity index (χ4v) is 3.06. The van der Waals surface area contributed by atoms with Gasteiger partial charge in [0.2, 0.25) is 0 Å². The van der Waals surface area contributed by atoms with Crippen molar-refractivity contribution in [1.82, 2.24) is 0 Å². The second-order valence-electron chi connectivity index (χ2n) is 4.46. The van der Waals surface area contributed by atoms with Crippen molar-refractivity contribution >= 4 is 53.5 Å². The third-order valence-electron chi connectivity index (χ3n) is 3.03. The molecular weight excluding hydrogens is 462 g/mol. The Bertz CT molecular complexity index is 550. The lowest BCUT2D eigenvalue weighted by Crippen LogP contribution is -2.36. The van der Waals surface area contributed by atoms with Crippen molar-refractivity contribution in [2.24, 2.45) is 0 Å². The van der Waals surface area contributed by atoms with Crippen molar-refractivity contribution < 1.29 is 4.74 Å². The molecule has 1 fully saturated rings. The van der Waals surface area contributed by atoms with Crippen molar-refractivity contribution in [3.63, 3.8) is 0 Å². The first-order chi connectivity index (χ1) is 10.2. The maximum atomic E-state index is 5.30. The smallest absolute Gasteiger partial charge is 0.0642 e. The summed E-state index contributed by atoms with van der Waals surface area (Å²) in [6, 6.07) is 16.3. The summed E-state index contributed by atoms with van der Waals surface area (Å²) >= 11 is 10.2. The van der Waals surface area contributed by atoms with Gasteiger partial charge >= 0.3 is 0 Å². The van der Waals surface area contributed by atoms with Gasteiger partial charge in [0.15, 0.2) is 0 Å². The molecule has 2 aromatic rings. The lowest BCUT2D eigenvalue weighted by molar-refractivity contribution is 0.122. The van der Waals surface area contributed by atoms with E-state index < -0.39 is 0 Å². The molecule has 0 aliphatic carbocycles. The molecule has 0 saturated carbocycles. The van der Waals surface area contributed by atoms with Gasteiger partial charge in [-0.05, 0) is 72.1 Å². The number of morpholine rings is 1. The van der Waals surface area contributed by atoms with Crippen LogP contribution < -0.4 is 4.90 Å². The SMILES string of the molecule is Brc1ccccc1Br.Brc1ccccc1N1CCOCC1. The first-order valence-corrected chi connectivity index (χ1v) is 9.03. The number of nitrogens with zero attached hydrogens (tertiary/aromatic N) is 1. The molecule has 2 nitrogen and oxygen atoms in total.